The van der Waals surface area contributed by atoms with Crippen LogP contribution < -0.4 is 9.80 Å². The highest BCUT2D eigenvalue weighted by atomic mass is 32.1. The zero-order valence-electron chi connectivity index (χ0n) is 18.7. The van der Waals surface area contributed by atoms with Gasteiger partial charge in [-0.05, 0) is 57.6 Å². The predicted molar refractivity (Wildman–Crippen MR) is 129 cm³/mol. The number of hydrogen-bond donors (Lipinski definition) is 0. The van der Waals surface area contributed by atoms with Crippen LogP contribution in [0, 0.1) is 15.9 Å². The number of rotatable bonds is 7. The van der Waals surface area contributed by atoms with Gasteiger partial charge in [0, 0.05) is 37.8 Å². The topological polar surface area (TPSA) is 82.8 Å². The van der Waals surface area contributed by atoms with E-state index in [1.54, 1.807) is 24.3 Å². The third kappa shape index (κ3) is 4.96. The largest absolute Gasteiger partial charge is 0.366 e. The Labute approximate surface area is 195 Å². The summed E-state index contributed by atoms with van der Waals surface area (Å²) in [6, 6.07) is 9.35. The Bertz CT molecular complexity index is 1180. The van der Waals surface area contributed by atoms with Gasteiger partial charge in [0.15, 0.2) is 5.13 Å². The Morgan fingerprint density at radius 2 is 1.94 bits per heavy atom. The molecule has 10 heteroatoms. The maximum atomic E-state index is 14.2. The molecule has 0 N–H and O–H groups in total. The summed E-state index contributed by atoms with van der Waals surface area (Å²) in [5.41, 5.74) is 0.885. The molecule has 3 aromatic rings. The van der Waals surface area contributed by atoms with Crippen LogP contribution in [0.4, 0.5) is 20.9 Å². The lowest BCUT2D eigenvalue weighted by molar-refractivity contribution is -0.384. The van der Waals surface area contributed by atoms with Crippen molar-refractivity contribution < 1.29 is 14.1 Å². The summed E-state index contributed by atoms with van der Waals surface area (Å²) in [6.07, 6.45) is 3.10. The highest BCUT2D eigenvalue weighted by molar-refractivity contribution is 7.22. The van der Waals surface area contributed by atoms with E-state index in [0.29, 0.717) is 28.6 Å². The smallest absolute Gasteiger partial charge is 0.293 e. The Balaban J connectivity index is 1.71. The number of nitro benzene ring substituents is 1. The van der Waals surface area contributed by atoms with Gasteiger partial charge in [0.2, 0.25) is 0 Å². The highest BCUT2D eigenvalue weighted by Crippen LogP contribution is 2.34. The molecular formula is C23H26FN5O3S. The van der Waals surface area contributed by atoms with Crippen LogP contribution in [0.2, 0.25) is 0 Å². The first-order valence-corrected chi connectivity index (χ1v) is 11.7. The van der Waals surface area contributed by atoms with Gasteiger partial charge in [0.25, 0.3) is 11.6 Å². The van der Waals surface area contributed by atoms with Crippen molar-refractivity contribution in [2.45, 2.75) is 19.3 Å². The van der Waals surface area contributed by atoms with Crippen molar-refractivity contribution in [3.8, 4) is 0 Å². The van der Waals surface area contributed by atoms with Gasteiger partial charge in [-0.3, -0.25) is 19.8 Å². The molecule has 33 heavy (non-hydrogen) atoms. The third-order valence-corrected chi connectivity index (χ3v) is 6.76. The number of nitrogens with zero attached hydrogens (tertiary/aromatic N) is 5. The first kappa shape index (κ1) is 23.1. The summed E-state index contributed by atoms with van der Waals surface area (Å²) in [4.78, 5) is 34.7. The molecular weight excluding hydrogens is 445 g/mol. The fourth-order valence-corrected chi connectivity index (χ4v) is 4.97. The van der Waals surface area contributed by atoms with E-state index in [4.69, 9.17) is 0 Å². The number of para-hydroxylation sites is 1. The number of carbonyl (C=O) groups excluding carboxylic acids is 1. The average Bonchev–Trinajstić information content (AvgIpc) is 3.24. The first-order valence-electron chi connectivity index (χ1n) is 10.9. The average molecular weight is 472 g/mol. The lowest BCUT2D eigenvalue weighted by Gasteiger charge is -2.28. The molecule has 0 unspecified atom stereocenters. The number of hydrogen-bond acceptors (Lipinski definition) is 7. The van der Waals surface area contributed by atoms with Gasteiger partial charge in [-0.15, -0.1) is 0 Å². The molecule has 1 amide bonds. The second kappa shape index (κ2) is 9.80. The Morgan fingerprint density at radius 1 is 1.18 bits per heavy atom. The molecule has 8 nitrogen and oxygen atoms in total. The fraction of sp³-hybridized carbons (Fsp3) is 0.391. The number of carbonyl (C=O) groups is 1. The van der Waals surface area contributed by atoms with Crippen molar-refractivity contribution in [2.24, 2.45) is 0 Å². The van der Waals surface area contributed by atoms with E-state index in [0.717, 1.165) is 32.4 Å². The molecule has 4 rings (SSSR count). The van der Waals surface area contributed by atoms with Crippen LogP contribution in [0.1, 0.15) is 29.6 Å². The molecule has 1 aliphatic rings. The Kier molecular flexibility index (Phi) is 6.85. The Hall–Kier alpha value is -3.11. The van der Waals surface area contributed by atoms with Gasteiger partial charge in [0.1, 0.15) is 17.0 Å². The van der Waals surface area contributed by atoms with E-state index in [2.05, 4.69) is 4.98 Å². The van der Waals surface area contributed by atoms with E-state index in [1.165, 1.54) is 28.4 Å². The van der Waals surface area contributed by atoms with Gasteiger partial charge >= 0.3 is 0 Å². The molecule has 1 aromatic heterocycles. The van der Waals surface area contributed by atoms with Crippen molar-refractivity contribution in [3.05, 3.63) is 57.9 Å². The second-order valence-corrected chi connectivity index (χ2v) is 9.36. The highest BCUT2D eigenvalue weighted by Gasteiger charge is 2.27. The van der Waals surface area contributed by atoms with E-state index in [9.17, 15) is 19.3 Å². The molecule has 1 aliphatic heterocycles. The van der Waals surface area contributed by atoms with Gasteiger partial charge < -0.3 is 9.80 Å². The van der Waals surface area contributed by atoms with Crippen LogP contribution in [-0.4, -0.2) is 61.0 Å². The third-order valence-electron chi connectivity index (χ3n) is 5.72. The van der Waals surface area contributed by atoms with Crippen LogP contribution in [0.3, 0.4) is 0 Å². The summed E-state index contributed by atoms with van der Waals surface area (Å²) < 4.78 is 14.9. The predicted octanol–water partition coefficient (Wildman–Crippen LogP) is 4.54. The quantitative estimate of drug-likeness (QED) is 0.372. The fourth-order valence-electron chi connectivity index (χ4n) is 3.96. The molecule has 2 heterocycles. The number of halogens is 1. The van der Waals surface area contributed by atoms with Crippen LogP contribution >= 0.6 is 11.3 Å². The van der Waals surface area contributed by atoms with Crippen LogP contribution in [-0.2, 0) is 0 Å². The van der Waals surface area contributed by atoms with Gasteiger partial charge in [-0.2, -0.15) is 0 Å². The molecule has 0 spiro atoms. The number of likely N-dealkylation sites (N-methyl/N-ethyl adjacent to an activating group) is 1. The summed E-state index contributed by atoms with van der Waals surface area (Å²) in [5, 5.41) is 12.2. The summed E-state index contributed by atoms with van der Waals surface area (Å²) in [5.74, 6) is -0.846. The lowest BCUT2D eigenvalue weighted by Crippen LogP contribution is -2.37. The maximum absolute atomic E-state index is 14.2. The van der Waals surface area contributed by atoms with E-state index in [-0.39, 0.29) is 16.8 Å². The van der Waals surface area contributed by atoms with Crippen LogP contribution in [0.15, 0.2) is 36.4 Å². The minimum Gasteiger partial charge on any atom is -0.366 e. The molecule has 0 atom stereocenters. The van der Waals surface area contributed by atoms with Gasteiger partial charge in [-0.25, -0.2) is 9.37 Å². The van der Waals surface area contributed by atoms with Crippen molar-refractivity contribution in [1.82, 2.24) is 9.88 Å². The molecule has 2 aromatic carbocycles. The number of aromatic nitrogens is 1. The molecule has 0 bridgehead atoms. The van der Waals surface area contributed by atoms with Crippen LogP contribution in [0.5, 0.6) is 0 Å². The molecule has 1 fully saturated rings. The van der Waals surface area contributed by atoms with E-state index >= 15 is 0 Å². The Morgan fingerprint density at radius 3 is 2.61 bits per heavy atom. The lowest BCUT2D eigenvalue weighted by atomic mass is 10.1. The number of benzene rings is 2. The van der Waals surface area contributed by atoms with E-state index in [1.807, 2.05) is 23.9 Å². The van der Waals surface area contributed by atoms with Crippen LogP contribution in [0.25, 0.3) is 10.2 Å². The maximum Gasteiger partial charge on any atom is 0.293 e. The normalized spacial score (nSPS) is 14.1. The van der Waals surface area contributed by atoms with Gasteiger partial charge in [-0.1, -0.05) is 17.4 Å². The van der Waals surface area contributed by atoms with Crippen molar-refractivity contribution in [3.63, 3.8) is 0 Å². The number of amides is 1. The van der Waals surface area contributed by atoms with E-state index < -0.39 is 16.6 Å². The zero-order chi connectivity index (χ0) is 23.5. The summed E-state index contributed by atoms with van der Waals surface area (Å²) >= 11 is 1.22. The standard InChI is InChI=1S/C23H26FN5O3S/c1-26(2)13-14-28(23-25-21-17(24)7-6-8-20(21)33-23)22(30)16-9-10-18(19(15-16)29(31)32)27-11-4-3-5-12-27/h6-10,15H,3-5,11-14H2,1-2H3. The number of piperidine rings is 1. The molecule has 0 radical (unpaired) electrons. The number of thiazole rings is 1. The number of anilines is 2. The molecule has 0 aliphatic carbocycles. The summed E-state index contributed by atoms with van der Waals surface area (Å²) in [7, 11) is 3.78. The van der Waals surface area contributed by atoms with Gasteiger partial charge in [0.05, 0.1) is 9.62 Å². The van der Waals surface area contributed by atoms with Crippen molar-refractivity contribution in [2.75, 3.05) is 50.1 Å². The summed E-state index contributed by atoms with van der Waals surface area (Å²) in [6.45, 7) is 2.40. The molecule has 174 valence electrons. The monoisotopic (exact) mass is 471 g/mol. The number of nitro groups is 1. The molecule has 1 saturated heterocycles. The second-order valence-electron chi connectivity index (χ2n) is 8.35. The van der Waals surface area contributed by atoms with Crippen molar-refractivity contribution in [1.29, 1.82) is 0 Å². The minimum atomic E-state index is -0.448. The zero-order valence-corrected chi connectivity index (χ0v) is 19.5. The van der Waals surface area contributed by atoms with Crippen molar-refractivity contribution >= 4 is 44.0 Å². The molecule has 0 saturated carbocycles. The number of fused-ring (bicyclic) bond motifs is 1. The SMILES string of the molecule is CN(C)CCN(C(=O)c1ccc(N2CCCCC2)c([N+](=O)[O-])c1)c1nc2c(F)cccc2s1. The minimum absolute atomic E-state index is 0.0781. The first-order chi connectivity index (χ1) is 15.8.